The minimum Gasteiger partial charge on any atom is -0.478 e. The number of nitrogens with one attached hydrogen (secondary N) is 1. The quantitative estimate of drug-likeness (QED) is 0.849. The van der Waals surface area contributed by atoms with E-state index in [1.807, 2.05) is 0 Å². The zero-order valence-corrected chi connectivity index (χ0v) is 10.9. The van der Waals surface area contributed by atoms with Crippen LogP contribution in [0.1, 0.15) is 20.7 Å². The lowest BCUT2D eigenvalue weighted by Gasteiger charge is -2.07. The van der Waals surface area contributed by atoms with Crippen LogP contribution >= 0.6 is 11.6 Å². The standard InChI is InChI=1S/C12H6ClF2N3O3/c13-9-1-2-16-12(17-9)18-10(19)5-3-7(14)8(15)4-6(5)11(20)21/h1-4H,(H,20,21)(H,16,17,18,19). The van der Waals surface area contributed by atoms with Gasteiger partial charge in [0, 0.05) is 6.20 Å². The van der Waals surface area contributed by atoms with E-state index in [4.69, 9.17) is 16.7 Å². The van der Waals surface area contributed by atoms with Crippen molar-refractivity contribution in [1.29, 1.82) is 0 Å². The molecule has 2 rings (SSSR count). The Bertz CT molecular complexity index is 740. The van der Waals surface area contributed by atoms with E-state index >= 15 is 0 Å². The third-order valence-electron chi connectivity index (χ3n) is 2.38. The summed E-state index contributed by atoms with van der Waals surface area (Å²) < 4.78 is 26.2. The number of anilines is 1. The number of carboxylic acids is 1. The highest BCUT2D eigenvalue weighted by Gasteiger charge is 2.21. The zero-order valence-electron chi connectivity index (χ0n) is 10.1. The number of carbonyl (C=O) groups excluding carboxylic acids is 1. The van der Waals surface area contributed by atoms with E-state index in [-0.39, 0.29) is 11.1 Å². The smallest absolute Gasteiger partial charge is 0.336 e. The normalized spacial score (nSPS) is 10.2. The summed E-state index contributed by atoms with van der Waals surface area (Å²) in [6.45, 7) is 0. The number of halogens is 3. The van der Waals surface area contributed by atoms with Gasteiger partial charge in [-0.05, 0) is 18.2 Å². The molecule has 2 aromatic rings. The predicted octanol–water partition coefficient (Wildman–Crippen LogP) is 2.36. The van der Waals surface area contributed by atoms with Crippen LogP contribution in [0, 0.1) is 11.6 Å². The van der Waals surface area contributed by atoms with Crippen molar-refractivity contribution >= 4 is 29.4 Å². The predicted molar refractivity (Wildman–Crippen MR) is 68.3 cm³/mol. The molecular weight excluding hydrogens is 308 g/mol. The van der Waals surface area contributed by atoms with Gasteiger partial charge in [-0.2, -0.15) is 0 Å². The first-order valence-electron chi connectivity index (χ1n) is 5.40. The Hall–Kier alpha value is -2.61. The average molecular weight is 314 g/mol. The molecule has 1 aromatic carbocycles. The van der Waals surface area contributed by atoms with Gasteiger partial charge >= 0.3 is 5.97 Å². The van der Waals surface area contributed by atoms with Crippen LogP contribution in [0.3, 0.4) is 0 Å². The van der Waals surface area contributed by atoms with E-state index in [0.29, 0.717) is 12.1 Å². The van der Waals surface area contributed by atoms with E-state index in [0.717, 1.165) is 0 Å². The summed E-state index contributed by atoms with van der Waals surface area (Å²) >= 11 is 5.60. The Morgan fingerprint density at radius 1 is 1.19 bits per heavy atom. The average Bonchev–Trinajstić information content (AvgIpc) is 2.41. The summed E-state index contributed by atoms with van der Waals surface area (Å²) in [6, 6.07) is 2.27. The fourth-order valence-corrected chi connectivity index (χ4v) is 1.61. The van der Waals surface area contributed by atoms with E-state index in [9.17, 15) is 18.4 Å². The summed E-state index contributed by atoms with van der Waals surface area (Å²) in [5.41, 5.74) is -1.25. The summed E-state index contributed by atoms with van der Waals surface area (Å²) in [7, 11) is 0. The van der Waals surface area contributed by atoms with Crippen LogP contribution in [0.25, 0.3) is 0 Å². The number of hydrogen-bond acceptors (Lipinski definition) is 4. The number of aromatic nitrogens is 2. The van der Waals surface area contributed by atoms with E-state index in [2.05, 4.69) is 15.3 Å². The molecule has 1 aromatic heterocycles. The lowest BCUT2D eigenvalue weighted by molar-refractivity contribution is 0.0691. The third kappa shape index (κ3) is 3.29. The molecule has 1 heterocycles. The molecule has 0 bridgehead atoms. The van der Waals surface area contributed by atoms with Crippen molar-refractivity contribution in [2.45, 2.75) is 0 Å². The third-order valence-corrected chi connectivity index (χ3v) is 2.59. The first kappa shape index (κ1) is 14.8. The van der Waals surface area contributed by atoms with Crippen molar-refractivity contribution < 1.29 is 23.5 Å². The molecular formula is C12H6ClF2N3O3. The number of amides is 1. The van der Waals surface area contributed by atoms with Gasteiger partial charge < -0.3 is 5.11 Å². The molecule has 0 radical (unpaired) electrons. The number of rotatable bonds is 3. The molecule has 0 aliphatic heterocycles. The summed E-state index contributed by atoms with van der Waals surface area (Å²) in [5.74, 6) is -5.51. The van der Waals surface area contributed by atoms with Gasteiger partial charge in [0.15, 0.2) is 11.6 Å². The van der Waals surface area contributed by atoms with Crippen molar-refractivity contribution in [3.63, 3.8) is 0 Å². The second-order valence-corrected chi connectivity index (χ2v) is 4.16. The van der Waals surface area contributed by atoms with Gasteiger partial charge in [-0.3, -0.25) is 10.1 Å². The van der Waals surface area contributed by atoms with Gasteiger partial charge in [-0.1, -0.05) is 11.6 Å². The van der Waals surface area contributed by atoms with Crippen molar-refractivity contribution in [3.05, 3.63) is 52.3 Å². The lowest BCUT2D eigenvalue weighted by Crippen LogP contribution is -2.18. The summed E-state index contributed by atoms with van der Waals surface area (Å²) in [4.78, 5) is 30.2. The zero-order chi connectivity index (χ0) is 15.6. The molecule has 108 valence electrons. The van der Waals surface area contributed by atoms with E-state index in [1.165, 1.54) is 12.3 Å². The molecule has 0 fully saturated rings. The first-order chi connectivity index (χ1) is 9.88. The second kappa shape index (κ2) is 5.80. The molecule has 0 saturated heterocycles. The van der Waals surface area contributed by atoms with Crippen molar-refractivity contribution in [2.75, 3.05) is 5.32 Å². The number of carboxylic acid groups (broad SMARTS) is 1. The molecule has 1 amide bonds. The fraction of sp³-hybridized carbons (Fsp3) is 0. The van der Waals surface area contributed by atoms with Crippen LogP contribution in [0.2, 0.25) is 5.15 Å². The first-order valence-corrected chi connectivity index (χ1v) is 5.78. The molecule has 2 N–H and O–H groups in total. The molecule has 0 aliphatic rings. The van der Waals surface area contributed by atoms with Crippen LogP contribution in [-0.2, 0) is 0 Å². The molecule has 0 spiro atoms. The maximum atomic E-state index is 13.2. The maximum absolute atomic E-state index is 13.2. The highest BCUT2D eigenvalue weighted by Crippen LogP contribution is 2.17. The molecule has 0 atom stereocenters. The largest absolute Gasteiger partial charge is 0.478 e. The molecule has 9 heteroatoms. The summed E-state index contributed by atoms with van der Waals surface area (Å²) in [5, 5.41) is 11.1. The molecule has 0 saturated carbocycles. The topological polar surface area (TPSA) is 92.2 Å². The number of aromatic carboxylic acids is 1. The van der Waals surface area contributed by atoms with Gasteiger partial charge in [-0.15, -0.1) is 0 Å². The van der Waals surface area contributed by atoms with E-state index in [1.54, 1.807) is 0 Å². The molecule has 0 unspecified atom stereocenters. The Labute approximate surface area is 121 Å². The van der Waals surface area contributed by atoms with Crippen LogP contribution < -0.4 is 5.32 Å². The van der Waals surface area contributed by atoms with Gasteiger partial charge in [0.1, 0.15) is 5.15 Å². The van der Waals surface area contributed by atoms with Crippen LogP contribution in [0.4, 0.5) is 14.7 Å². The Kier molecular flexibility index (Phi) is 4.08. The number of nitrogens with zero attached hydrogens (tertiary/aromatic N) is 2. The highest BCUT2D eigenvalue weighted by atomic mass is 35.5. The van der Waals surface area contributed by atoms with Gasteiger partial charge in [-0.25, -0.2) is 23.5 Å². The van der Waals surface area contributed by atoms with Crippen LogP contribution in [0.5, 0.6) is 0 Å². The SMILES string of the molecule is O=C(O)c1cc(F)c(F)cc1C(=O)Nc1nccc(Cl)n1. The number of hydrogen-bond donors (Lipinski definition) is 2. The van der Waals surface area contributed by atoms with Gasteiger partial charge in [0.25, 0.3) is 5.91 Å². The lowest BCUT2D eigenvalue weighted by atomic mass is 10.1. The Morgan fingerprint density at radius 3 is 2.38 bits per heavy atom. The minimum absolute atomic E-state index is 0.0454. The monoisotopic (exact) mass is 313 g/mol. The Morgan fingerprint density at radius 2 is 1.81 bits per heavy atom. The van der Waals surface area contributed by atoms with Crippen LogP contribution in [-0.4, -0.2) is 27.0 Å². The maximum Gasteiger partial charge on any atom is 0.336 e. The van der Waals surface area contributed by atoms with Crippen molar-refractivity contribution in [2.24, 2.45) is 0 Å². The second-order valence-electron chi connectivity index (χ2n) is 3.77. The molecule has 21 heavy (non-hydrogen) atoms. The Balaban J connectivity index is 2.39. The highest BCUT2D eigenvalue weighted by molar-refractivity contribution is 6.29. The van der Waals surface area contributed by atoms with Gasteiger partial charge in [0.05, 0.1) is 11.1 Å². The minimum atomic E-state index is -1.58. The van der Waals surface area contributed by atoms with Crippen LogP contribution in [0.15, 0.2) is 24.4 Å². The van der Waals surface area contributed by atoms with Crippen molar-refractivity contribution in [3.8, 4) is 0 Å². The van der Waals surface area contributed by atoms with E-state index < -0.39 is 34.6 Å². The molecule has 0 aliphatic carbocycles. The summed E-state index contributed by atoms with van der Waals surface area (Å²) in [6.07, 6.45) is 1.26. The number of benzene rings is 1. The number of carbonyl (C=O) groups is 2. The molecule has 6 nitrogen and oxygen atoms in total. The van der Waals surface area contributed by atoms with Crippen molar-refractivity contribution in [1.82, 2.24) is 9.97 Å². The van der Waals surface area contributed by atoms with Gasteiger partial charge in [0.2, 0.25) is 5.95 Å². The fourth-order valence-electron chi connectivity index (χ4n) is 1.48.